The molecule has 0 aliphatic carbocycles. The van der Waals surface area contributed by atoms with E-state index in [1.54, 1.807) is 13.0 Å². The molecule has 0 bridgehead atoms. The van der Waals surface area contributed by atoms with Gasteiger partial charge in [-0.2, -0.15) is 4.31 Å². The molecule has 0 saturated heterocycles. The standard InChI is InChI=1S/C14H13ClFN3O4S/c1-9-12-3-2-4-17(12)5-6-18(9)24(22,23)14-7-10(15)13(19(20)21)8-11(14)16/h2-4,7-9H,5-6H2,1H3/t9-/m1/s1. The monoisotopic (exact) mass is 373 g/mol. The van der Waals surface area contributed by atoms with Crippen molar-refractivity contribution in [2.24, 2.45) is 0 Å². The highest BCUT2D eigenvalue weighted by molar-refractivity contribution is 7.89. The molecular weight excluding hydrogens is 361 g/mol. The van der Waals surface area contributed by atoms with Crippen molar-refractivity contribution in [2.75, 3.05) is 6.54 Å². The molecule has 1 aliphatic heterocycles. The third-order valence-electron chi connectivity index (χ3n) is 4.07. The molecule has 0 fully saturated rings. The van der Waals surface area contributed by atoms with E-state index in [0.717, 1.165) is 11.8 Å². The minimum absolute atomic E-state index is 0.166. The van der Waals surface area contributed by atoms with Gasteiger partial charge in [-0.3, -0.25) is 10.1 Å². The lowest BCUT2D eigenvalue weighted by atomic mass is 10.2. The average molecular weight is 374 g/mol. The number of rotatable bonds is 3. The van der Waals surface area contributed by atoms with Gasteiger partial charge in [0.05, 0.1) is 17.0 Å². The Bertz CT molecular complexity index is 928. The van der Waals surface area contributed by atoms with Crippen LogP contribution >= 0.6 is 11.6 Å². The second-order valence-electron chi connectivity index (χ2n) is 5.41. The van der Waals surface area contributed by atoms with E-state index in [0.29, 0.717) is 12.6 Å². The number of nitrogens with zero attached hydrogens (tertiary/aromatic N) is 3. The minimum Gasteiger partial charge on any atom is -0.349 e. The number of benzene rings is 1. The second-order valence-corrected chi connectivity index (χ2v) is 7.68. The maximum absolute atomic E-state index is 14.2. The van der Waals surface area contributed by atoms with Crippen LogP contribution in [0, 0.1) is 15.9 Å². The lowest BCUT2D eigenvalue weighted by Crippen LogP contribution is -2.40. The van der Waals surface area contributed by atoms with Gasteiger partial charge in [0, 0.05) is 25.0 Å². The van der Waals surface area contributed by atoms with Crippen LogP contribution in [0.2, 0.25) is 5.02 Å². The third-order valence-corrected chi connectivity index (χ3v) is 6.36. The van der Waals surface area contributed by atoms with Crippen molar-refractivity contribution < 1.29 is 17.7 Å². The summed E-state index contributed by atoms with van der Waals surface area (Å²) in [7, 11) is -4.19. The fourth-order valence-corrected chi connectivity index (χ4v) is 4.84. The van der Waals surface area contributed by atoms with E-state index in [4.69, 9.17) is 11.6 Å². The predicted molar refractivity (Wildman–Crippen MR) is 84.8 cm³/mol. The van der Waals surface area contributed by atoms with Gasteiger partial charge < -0.3 is 4.57 Å². The lowest BCUT2D eigenvalue weighted by molar-refractivity contribution is -0.384. The zero-order valence-electron chi connectivity index (χ0n) is 12.5. The van der Waals surface area contributed by atoms with Gasteiger partial charge in [-0.25, -0.2) is 12.8 Å². The quantitative estimate of drug-likeness (QED) is 0.611. The molecule has 128 valence electrons. The van der Waals surface area contributed by atoms with E-state index in [1.165, 1.54) is 4.31 Å². The molecule has 0 amide bonds. The highest BCUT2D eigenvalue weighted by Gasteiger charge is 2.36. The molecule has 0 unspecified atom stereocenters. The molecule has 0 N–H and O–H groups in total. The highest BCUT2D eigenvalue weighted by Crippen LogP contribution is 2.35. The first-order chi connectivity index (χ1) is 11.2. The van der Waals surface area contributed by atoms with Crippen LogP contribution in [0.3, 0.4) is 0 Å². The van der Waals surface area contributed by atoms with E-state index in [1.807, 2.05) is 16.8 Å². The Morgan fingerprint density at radius 1 is 1.38 bits per heavy atom. The van der Waals surface area contributed by atoms with Gasteiger partial charge in [0.15, 0.2) is 0 Å². The summed E-state index contributed by atoms with van der Waals surface area (Å²) < 4.78 is 43.0. The van der Waals surface area contributed by atoms with Crippen molar-refractivity contribution >= 4 is 27.3 Å². The van der Waals surface area contributed by atoms with Crippen LogP contribution in [-0.2, 0) is 16.6 Å². The summed E-state index contributed by atoms with van der Waals surface area (Å²) in [5, 5.41) is 10.4. The molecule has 1 atom stereocenters. The van der Waals surface area contributed by atoms with Gasteiger partial charge in [0.1, 0.15) is 15.7 Å². The number of aromatic nitrogens is 1. The molecule has 24 heavy (non-hydrogen) atoms. The molecule has 3 rings (SSSR count). The maximum Gasteiger partial charge on any atom is 0.290 e. The Hall–Kier alpha value is -1.97. The predicted octanol–water partition coefficient (Wildman–Crippen LogP) is 2.95. The topological polar surface area (TPSA) is 85.5 Å². The smallest absolute Gasteiger partial charge is 0.290 e. The van der Waals surface area contributed by atoms with E-state index in [2.05, 4.69) is 0 Å². The zero-order valence-corrected chi connectivity index (χ0v) is 14.1. The van der Waals surface area contributed by atoms with E-state index in [-0.39, 0.29) is 6.54 Å². The number of halogens is 2. The first kappa shape index (κ1) is 16.9. The number of fused-ring (bicyclic) bond motifs is 1. The molecule has 7 nitrogen and oxygen atoms in total. The average Bonchev–Trinajstić information content (AvgIpc) is 2.98. The molecule has 1 aromatic heterocycles. The number of sulfonamides is 1. The van der Waals surface area contributed by atoms with Gasteiger partial charge in [0.25, 0.3) is 5.69 Å². The number of hydrogen-bond donors (Lipinski definition) is 0. The summed E-state index contributed by atoms with van der Waals surface area (Å²) in [6.07, 6.45) is 1.85. The largest absolute Gasteiger partial charge is 0.349 e. The summed E-state index contributed by atoms with van der Waals surface area (Å²) in [4.78, 5) is 9.26. The van der Waals surface area contributed by atoms with Gasteiger partial charge in [-0.1, -0.05) is 11.6 Å². The van der Waals surface area contributed by atoms with Gasteiger partial charge >= 0.3 is 0 Å². The van der Waals surface area contributed by atoms with Crippen molar-refractivity contribution in [1.82, 2.24) is 8.87 Å². The summed E-state index contributed by atoms with van der Waals surface area (Å²) in [6.45, 7) is 2.31. The Kier molecular flexibility index (Phi) is 4.10. The number of hydrogen-bond acceptors (Lipinski definition) is 4. The van der Waals surface area contributed by atoms with Crippen molar-refractivity contribution in [2.45, 2.75) is 24.4 Å². The Balaban J connectivity index is 2.06. The fourth-order valence-electron chi connectivity index (χ4n) is 2.87. The first-order valence-electron chi connectivity index (χ1n) is 7.04. The maximum atomic E-state index is 14.2. The lowest BCUT2D eigenvalue weighted by Gasteiger charge is -2.33. The second kappa shape index (κ2) is 5.83. The molecule has 2 aromatic rings. The normalized spacial score (nSPS) is 18.4. The molecule has 0 saturated carbocycles. The molecule has 0 spiro atoms. The zero-order chi connectivity index (χ0) is 17.6. The van der Waals surface area contributed by atoms with Crippen LogP contribution < -0.4 is 0 Å². The third kappa shape index (κ3) is 2.58. The van der Waals surface area contributed by atoms with E-state index >= 15 is 0 Å². The molecule has 0 radical (unpaired) electrons. The van der Waals surface area contributed by atoms with Crippen molar-refractivity contribution in [3.8, 4) is 0 Å². The summed E-state index contributed by atoms with van der Waals surface area (Å²) >= 11 is 5.75. The van der Waals surface area contributed by atoms with Crippen molar-refractivity contribution in [3.63, 3.8) is 0 Å². The molecular formula is C14H13ClFN3O4S. The Morgan fingerprint density at radius 2 is 2.08 bits per heavy atom. The Morgan fingerprint density at radius 3 is 2.75 bits per heavy atom. The van der Waals surface area contributed by atoms with Crippen LogP contribution in [-0.4, -0.2) is 28.8 Å². The van der Waals surface area contributed by atoms with Gasteiger partial charge in [0.2, 0.25) is 10.0 Å². The fraction of sp³-hybridized carbons (Fsp3) is 0.286. The SMILES string of the molecule is C[C@@H]1c2cccn2CCN1S(=O)(=O)c1cc(Cl)c([N+](=O)[O-])cc1F. The van der Waals surface area contributed by atoms with E-state index < -0.39 is 42.4 Å². The van der Waals surface area contributed by atoms with Crippen LogP contribution in [0.1, 0.15) is 18.7 Å². The highest BCUT2D eigenvalue weighted by atomic mass is 35.5. The van der Waals surface area contributed by atoms with Crippen molar-refractivity contribution in [1.29, 1.82) is 0 Å². The summed E-state index contributed by atoms with van der Waals surface area (Å²) in [5.74, 6) is -1.20. The van der Waals surface area contributed by atoms with Crippen LogP contribution in [0.15, 0.2) is 35.4 Å². The van der Waals surface area contributed by atoms with E-state index in [9.17, 15) is 22.9 Å². The molecule has 1 aromatic carbocycles. The Labute approximate surface area is 142 Å². The summed E-state index contributed by atoms with van der Waals surface area (Å²) in [6, 6.07) is 4.45. The minimum atomic E-state index is -4.19. The molecule has 1 aliphatic rings. The van der Waals surface area contributed by atoms with Gasteiger partial charge in [-0.05, 0) is 25.1 Å². The van der Waals surface area contributed by atoms with Crippen LogP contribution in [0.25, 0.3) is 0 Å². The van der Waals surface area contributed by atoms with Crippen molar-refractivity contribution in [3.05, 3.63) is 57.1 Å². The molecule has 10 heteroatoms. The van der Waals surface area contributed by atoms with Crippen LogP contribution in [0.5, 0.6) is 0 Å². The van der Waals surface area contributed by atoms with Crippen LogP contribution in [0.4, 0.5) is 10.1 Å². The summed E-state index contributed by atoms with van der Waals surface area (Å²) in [5.41, 5.74) is 0.118. The number of nitro benzene ring substituents is 1. The molecule has 2 heterocycles. The van der Waals surface area contributed by atoms with Gasteiger partial charge in [-0.15, -0.1) is 0 Å². The first-order valence-corrected chi connectivity index (χ1v) is 8.85. The number of nitro groups is 1.